The summed E-state index contributed by atoms with van der Waals surface area (Å²) in [6, 6.07) is 16.5. The Labute approximate surface area is 208 Å². The highest BCUT2D eigenvalue weighted by atomic mass is 32.2. The molecule has 0 aromatic heterocycles. The first kappa shape index (κ1) is 27.1. The summed E-state index contributed by atoms with van der Waals surface area (Å²) in [5, 5.41) is 2.85. The van der Waals surface area contributed by atoms with Crippen molar-refractivity contribution in [1.29, 1.82) is 0 Å². The van der Waals surface area contributed by atoms with Crippen molar-refractivity contribution in [1.82, 2.24) is 4.90 Å². The van der Waals surface area contributed by atoms with Gasteiger partial charge in [-0.25, -0.2) is 4.79 Å². The molecule has 0 fully saturated rings. The Balaban J connectivity index is 1.78. The van der Waals surface area contributed by atoms with Crippen molar-refractivity contribution < 1.29 is 30.6 Å². The lowest BCUT2D eigenvalue weighted by Crippen LogP contribution is -2.37. The van der Waals surface area contributed by atoms with Gasteiger partial charge in [0.15, 0.2) is 0 Å². The molecule has 0 bridgehead atoms. The Hall–Kier alpha value is -3.53. The first-order chi connectivity index (χ1) is 16.8. The zero-order chi connectivity index (χ0) is 26.5. The van der Waals surface area contributed by atoms with Crippen LogP contribution in [0.2, 0.25) is 0 Å². The summed E-state index contributed by atoms with van der Waals surface area (Å²) in [6.45, 7) is 6.47. The summed E-state index contributed by atoms with van der Waals surface area (Å²) in [5.74, 6) is 0.0860. The first-order valence-corrected chi connectivity index (χ1v) is 12.6. The van der Waals surface area contributed by atoms with Crippen LogP contribution in [0.5, 0.6) is 5.75 Å². The van der Waals surface area contributed by atoms with Gasteiger partial charge in [-0.2, -0.15) is 21.6 Å². The molecule has 6 nitrogen and oxygen atoms in total. The lowest BCUT2D eigenvalue weighted by Gasteiger charge is -2.25. The van der Waals surface area contributed by atoms with Gasteiger partial charge in [0.2, 0.25) is 0 Å². The molecule has 36 heavy (non-hydrogen) atoms. The molecule has 192 valence electrons. The van der Waals surface area contributed by atoms with Crippen molar-refractivity contribution in [2.75, 3.05) is 11.9 Å². The van der Waals surface area contributed by atoms with Gasteiger partial charge in [0.05, 0.1) is 5.56 Å². The number of anilines is 1. The van der Waals surface area contributed by atoms with Crippen LogP contribution < -0.4 is 9.50 Å². The molecular formula is C26H27F3N2O4S. The number of nitrogens with zero attached hydrogens (tertiary/aromatic N) is 1. The number of rotatable bonds is 8. The number of aryl methyl sites for hydroxylation is 1. The van der Waals surface area contributed by atoms with Crippen LogP contribution in [0, 0.1) is 12.8 Å². The summed E-state index contributed by atoms with van der Waals surface area (Å²) < 4.78 is 69.4. The van der Waals surface area contributed by atoms with Crippen LogP contribution in [0.15, 0.2) is 77.7 Å². The Morgan fingerprint density at radius 1 is 1.00 bits per heavy atom. The normalized spacial score (nSPS) is 11.9. The highest BCUT2D eigenvalue weighted by Crippen LogP contribution is 2.31. The standard InChI is InChI=1S/C26H27F3N2O4S/c1-18(2)16-31(25(32)30-22-12-10-19(3)11-13-22)17-20-6-4-8-23(14-20)35-36(33,34)24-9-5-7-21(15-24)26(27,28)29/h4-15,18H,16-17H2,1-3H3,(H,30,32). The minimum Gasteiger partial charge on any atom is -0.379 e. The van der Waals surface area contributed by atoms with Gasteiger partial charge in [-0.15, -0.1) is 0 Å². The van der Waals surface area contributed by atoms with Gasteiger partial charge in [-0.1, -0.05) is 49.7 Å². The van der Waals surface area contributed by atoms with Crippen molar-refractivity contribution in [2.45, 2.75) is 38.4 Å². The predicted octanol–water partition coefficient (Wildman–Crippen LogP) is 6.47. The number of carbonyl (C=O) groups excluding carboxylic acids is 1. The number of hydrogen-bond donors (Lipinski definition) is 1. The highest BCUT2D eigenvalue weighted by Gasteiger charge is 2.32. The van der Waals surface area contributed by atoms with E-state index in [1.165, 1.54) is 12.1 Å². The van der Waals surface area contributed by atoms with Crippen molar-refractivity contribution in [3.05, 3.63) is 89.5 Å². The number of amides is 2. The fraction of sp³-hybridized carbons (Fsp3) is 0.269. The third kappa shape index (κ3) is 7.48. The molecule has 1 N–H and O–H groups in total. The van der Waals surface area contributed by atoms with E-state index in [1.54, 1.807) is 29.2 Å². The van der Waals surface area contributed by atoms with Crippen molar-refractivity contribution in [3.63, 3.8) is 0 Å². The zero-order valence-corrected chi connectivity index (χ0v) is 20.9. The van der Waals surface area contributed by atoms with Gasteiger partial charge in [0.1, 0.15) is 10.6 Å². The number of benzene rings is 3. The average molecular weight is 521 g/mol. The molecule has 2 amide bonds. The third-order valence-electron chi connectivity index (χ3n) is 5.10. The van der Waals surface area contributed by atoms with Gasteiger partial charge in [-0.3, -0.25) is 0 Å². The highest BCUT2D eigenvalue weighted by molar-refractivity contribution is 7.87. The molecule has 3 rings (SSSR count). The number of halogens is 3. The molecule has 3 aromatic carbocycles. The molecule has 0 atom stereocenters. The fourth-order valence-corrected chi connectivity index (χ4v) is 4.39. The molecule has 0 unspecified atom stereocenters. The molecule has 3 aromatic rings. The zero-order valence-electron chi connectivity index (χ0n) is 20.0. The number of alkyl halides is 3. The lowest BCUT2D eigenvalue weighted by atomic mass is 10.1. The smallest absolute Gasteiger partial charge is 0.379 e. The second kappa shape index (κ2) is 11.0. The number of nitrogens with one attached hydrogen (secondary N) is 1. The van der Waals surface area contributed by atoms with Gasteiger partial charge in [0, 0.05) is 18.8 Å². The number of urea groups is 1. The summed E-state index contributed by atoms with van der Waals surface area (Å²) >= 11 is 0. The fourth-order valence-electron chi connectivity index (χ4n) is 3.42. The van der Waals surface area contributed by atoms with E-state index in [0.717, 1.165) is 23.8 Å². The van der Waals surface area contributed by atoms with Crippen LogP contribution in [0.1, 0.15) is 30.5 Å². The van der Waals surface area contributed by atoms with Crippen LogP contribution in [-0.4, -0.2) is 25.9 Å². The number of hydrogen-bond acceptors (Lipinski definition) is 4. The van der Waals surface area contributed by atoms with E-state index < -0.39 is 26.8 Å². The van der Waals surface area contributed by atoms with E-state index in [2.05, 4.69) is 5.32 Å². The molecule has 0 saturated carbocycles. The maximum absolute atomic E-state index is 13.0. The van der Waals surface area contributed by atoms with Crippen LogP contribution >= 0.6 is 0 Å². The molecule has 10 heteroatoms. The van der Waals surface area contributed by atoms with Crippen molar-refractivity contribution in [2.24, 2.45) is 5.92 Å². The van der Waals surface area contributed by atoms with Crippen LogP contribution in [-0.2, 0) is 22.8 Å². The summed E-state index contributed by atoms with van der Waals surface area (Å²) in [4.78, 5) is 13.9. The molecule has 0 aliphatic heterocycles. The maximum atomic E-state index is 13.0. The van der Waals surface area contributed by atoms with Gasteiger partial charge in [0.25, 0.3) is 0 Å². The molecule has 0 aliphatic carbocycles. The van der Waals surface area contributed by atoms with Gasteiger partial charge in [-0.05, 0) is 60.9 Å². The summed E-state index contributed by atoms with van der Waals surface area (Å²) in [5.41, 5.74) is 1.20. The van der Waals surface area contributed by atoms with Crippen LogP contribution in [0.4, 0.5) is 23.7 Å². The molecule has 0 aliphatic rings. The third-order valence-corrected chi connectivity index (χ3v) is 6.35. The van der Waals surface area contributed by atoms with E-state index in [9.17, 15) is 26.4 Å². The quantitative estimate of drug-likeness (QED) is 0.346. The van der Waals surface area contributed by atoms with Gasteiger partial charge < -0.3 is 14.4 Å². The maximum Gasteiger partial charge on any atom is 0.416 e. The second-order valence-corrected chi connectivity index (χ2v) is 10.3. The first-order valence-electron chi connectivity index (χ1n) is 11.2. The lowest BCUT2D eigenvalue weighted by molar-refractivity contribution is -0.137. The molecule has 0 heterocycles. The Morgan fingerprint density at radius 2 is 1.67 bits per heavy atom. The Bertz CT molecular complexity index is 1310. The van der Waals surface area contributed by atoms with E-state index in [0.29, 0.717) is 23.9 Å². The van der Waals surface area contributed by atoms with Gasteiger partial charge >= 0.3 is 22.3 Å². The van der Waals surface area contributed by atoms with E-state index in [4.69, 9.17) is 4.18 Å². The van der Waals surface area contributed by atoms with Crippen molar-refractivity contribution in [3.8, 4) is 5.75 Å². The summed E-state index contributed by atoms with van der Waals surface area (Å²) in [6.07, 6.45) is -4.69. The van der Waals surface area contributed by atoms with Crippen molar-refractivity contribution >= 4 is 21.8 Å². The van der Waals surface area contributed by atoms with E-state index >= 15 is 0 Å². The Kier molecular flexibility index (Phi) is 8.29. The van der Waals surface area contributed by atoms with E-state index in [-0.39, 0.29) is 24.2 Å². The average Bonchev–Trinajstić information content (AvgIpc) is 2.79. The largest absolute Gasteiger partial charge is 0.416 e. The predicted molar refractivity (Wildman–Crippen MR) is 131 cm³/mol. The minimum absolute atomic E-state index is 0.0756. The van der Waals surface area contributed by atoms with E-state index in [1.807, 2.05) is 32.9 Å². The summed E-state index contributed by atoms with van der Waals surface area (Å²) in [7, 11) is -4.51. The van der Waals surface area contributed by atoms with Crippen LogP contribution in [0.3, 0.4) is 0 Å². The van der Waals surface area contributed by atoms with Crippen LogP contribution in [0.25, 0.3) is 0 Å². The monoisotopic (exact) mass is 520 g/mol. The molecule has 0 radical (unpaired) electrons. The molecular weight excluding hydrogens is 493 g/mol. The minimum atomic E-state index is -4.69. The SMILES string of the molecule is Cc1ccc(NC(=O)N(Cc2cccc(OS(=O)(=O)c3cccc(C(F)(F)F)c3)c2)CC(C)C)cc1. The molecule has 0 spiro atoms. The molecule has 0 saturated heterocycles. The Morgan fingerprint density at radius 3 is 2.31 bits per heavy atom. The topological polar surface area (TPSA) is 75.7 Å². The number of carbonyl (C=O) groups is 1. The second-order valence-electron chi connectivity index (χ2n) is 8.78.